The highest BCUT2D eigenvalue weighted by molar-refractivity contribution is 5.82. The van der Waals surface area contributed by atoms with Crippen LogP contribution in [0.4, 0.5) is 13.2 Å². The molecule has 1 aromatic heterocycles. The first-order chi connectivity index (χ1) is 15.8. The molecule has 3 fully saturated rings. The normalized spacial score (nSPS) is 27.2. The molecule has 0 spiro atoms. The fraction of sp³-hybridized carbons (Fsp3) is 0.370. The van der Waals surface area contributed by atoms with Crippen LogP contribution in [-0.4, -0.2) is 33.7 Å². The van der Waals surface area contributed by atoms with Crippen LogP contribution >= 0.6 is 0 Å². The molecular weight excluding hydrogens is 461 g/mol. The Balaban J connectivity index is 0.00000274. The zero-order valence-electron chi connectivity index (χ0n) is 18.8. The quantitative estimate of drug-likeness (QED) is 0.442. The maximum atomic E-state index is 13.1. The number of para-hydroxylation sites is 1. The molecule has 180 valence electrons. The topological polar surface area (TPSA) is 33.1 Å². The Morgan fingerprint density at radius 1 is 1.12 bits per heavy atom. The number of piperidine rings is 3. The van der Waals surface area contributed by atoms with Crippen molar-refractivity contribution in [3.8, 4) is 0 Å². The molecule has 0 saturated carbocycles. The van der Waals surface area contributed by atoms with Crippen LogP contribution < -0.4 is 12.4 Å². The lowest BCUT2D eigenvalue weighted by Crippen LogP contribution is -3.00. The lowest BCUT2D eigenvalue weighted by molar-refractivity contribution is -0.984. The number of nitrogens with zero attached hydrogens (tertiary/aromatic N) is 2. The largest absolute Gasteiger partial charge is 1.00 e. The van der Waals surface area contributed by atoms with E-state index >= 15 is 0 Å². The molecule has 3 aliphatic rings. The van der Waals surface area contributed by atoms with E-state index in [-0.39, 0.29) is 18.4 Å². The van der Waals surface area contributed by atoms with E-state index < -0.39 is 17.8 Å². The molecule has 2 aromatic carbocycles. The van der Waals surface area contributed by atoms with Gasteiger partial charge in [0.05, 0.1) is 24.2 Å². The molecule has 6 rings (SSSR count). The number of alkyl halides is 3. The van der Waals surface area contributed by atoms with E-state index in [1.165, 1.54) is 0 Å². The number of aliphatic hydroxyl groups is 1. The standard InChI is InChI=1S/C27H28F3N2O.ClH/c1-2-19-17-32(16-18-7-9-21(10-8-18)27(28,29)30)14-12-20(19)15-25(32)26(33)23-11-13-31-24-6-4-3-5-22(23)24;/h2-11,13,19-20,25-26,33H,1,12,14-17H2;1H/q+1;/p-1/t19?,20?,25?,26?,32-;/m1./s1. The minimum Gasteiger partial charge on any atom is -1.00 e. The number of aromatic nitrogens is 1. The fourth-order valence-corrected chi connectivity index (χ4v) is 6.13. The molecule has 0 aliphatic carbocycles. The van der Waals surface area contributed by atoms with Crippen LogP contribution in [0.3, 0.4) is 0 Å². The van der Waals surface area contributed by atoms with Gasteiger partial charge in [0.15, 0.2) is 0 Å². The van der Waals surface area contributed by atoms with Crippen molar-refractivity contribution in [2.45, 2.75) is 37.7 Å². The molecule has 3 saturated heterocycles. The summed E-state index contributed by atoms with van der Waals surface area (Å²) in [6.45, 7) is 6.39. The lowest BCUT2D eigenvalue weighted by atomic mass is 9.71. The minimum absolute atomic E-state index is 0. The third-order valence-corrected chi connectivity index (χ3v) is 7.82. The Hall–Kier alpha value is -2.41. The number of aliphatic hydroxyl groups excluding tert-OH is 1. The van der Waals surface area contributed by atoms with Crippen LogP contribution in [0.5, 0.6) is 0 Å². The average Bonchev–Trinajstić information content (AvgIpc) is 2.83. The molecule has 34 heavy (non-hydrogen) atoms. The maximum Gasteiger partial charge on any atom is 0.416 e. The Kier molecular flexibility index (Phi) is 6.78. The van der Waals surface area contributed by atoms with E-state index in [1.807, 2.05) is 36.4 Å². The first kappa shape index (κ1) is 24.7. The molecule has 5 atom stereocenters. The summed E-state index contributed by atoms with van der Waals surface area (Å²) < 4.78 is 39.8. The van der Waals surface area contributed by atoms with Gasteiger partial charge in [-0.3, -0.25) is 4.98 Å². The zero-order valence-corrected chi connectivity index (χ0v) is 19.5. The molecule has 7 heteroatoms. The van der Waals surface area contributed by atoms with Crippen LogP contribution in [0, 0.1) is 11.8 Å². The summed E-state index contributed by atoms with van der Waals surface area (Å²) in [6.07, 6.45) is 0.648. The summed E-state index contributed by atoms with van der Waals surface area (Å²) in [7, 11) is 0. The molecule has 3 nitrogen and oxygen atoms in total. The van der Waals surface area contributed by atoms with Gasteiger partial charge < -0.3 is 22.0 Å². The van der Waals surface area contributed by atoms with E-state index in [0.29, 0.717) is 22.9 Å². The summed E-state index contributed by atoms with van der Waals surface area (Å²) in [5, 5.41) is 12.6. The SMILES string of the molecule is C=CC1C[N@+]2(Cc3ccc(C(F)(F)F)cc3)CCC1CC2C(O)c1ccnc2ccccc12.[Cl-]. The smallest absolute Gasteiger partial charge is 0.416 e. The summed E-state index contributed by atoms with van der Waals surface area (Å²) >= 11 is 0. The summed E-state index contributed by atoms with van der Waals surface area (Å²) in [6, 6.07) is 15.2. The zero-order chi connectivity index (χ0) is 23.2. The Labute approximate surface area is 203 Å². The first-order valence-corrected chi connectivity index (χ1v) is 11.5. The Morgan fingerprint density at radius 3 is 2.56 bits per heavy atom. The molecule has 0 radical (unpaired) electrons. The average molecular weight is 489 g/mol. The predicted octanol–water partition coefficient (Wildman–Crippen LogP) is 2.90. The molecule has 1 N–H and O–H groups in total. The summed E-state index contributed by atoms with van der Waals surface area (Å²) in [4.78, 5) is 4.43. The highest BCUT2D eigenvalue weighted by atomic mass is 35.5. The highest BCUT2D eigenvalue weighted by Crippen LogP contribution is 2.48. The van der Waals surface area contributed by atoms with Gasteiger partial charge in [-0.2, -0.15) is 13.2 Å². The van der Waals surface area contributed by atoms with Crippen molar-refractivity contribution in [3.63, 3.8) is 0 Å². The molecule has 2 bridgehead atoms. The van der Waals surface area contributed by atoms with Gasteiger partial charge in [-0.15, -0.1) is 6.58 Å². The van der Waals surface area contributed by atoms with Gasteiger partial charge in [-0.05, 0) is 35.7 Å². The van der Waals surface area contributed by atoms with Crippen LogP contribution in [-0.2, 0) is 12.7 Å². The van der Waals surface area contributed by atoms with Gasteiger partial charge in [-0.25, -0.2) is 0 Å². The molecular formula is C27H28ClF3N2O. The van der Waals surface area contributed by atoms with E-state index in [9.17, 15) is 18.3 Å². The van der Waals surface area contributed by atoms with Gasteiger partial charge in [0.1, 0.15) is 18.7 Å². The van der Waals surface area contributed by atoms with Crippen molar-refractivity contribution in [3.05, 3.63) is 90.1 Å². The van der Waals surface area contributed by atoms with Gasteiger partial charge >= 0.3 is 6.18 Å². The van der Waals surface area contributed by atoms with Crippen molar-refractivity contribution >= 4 is 10.9 Å². The number of pyridine rings is 1. The minimum atomic E-state index is -4.34. The number of hydrogen-bond donors (Lipinski definition) is 1. The first-order valence-electron chi connectivity index (χ1n) is 11.5. The number of fused-ring (bicyclic) bond motifs is 4. The second-order valence-corrected chi connectivity index (χ2v) is 9.59. The van der Waals surface area contributed by atoms with Gasteiger partial charge in [0.25, 0.3) is 0 Å². The van der Waals surface area contributed by atoms with Crippen LogP contribution in [0.2, 0.25) is 0 Å². The lowest BCUT2D eigenvalue weighted by Gasteiger charge is -2.58. The number of hydrogen-bond acceptors (Lipinski definition) is 2. The summed E-state index contributed by atoms with van der Waals surface area (Å²) in [5.74, 6) is 0.827. The third-order valence-electron chi connectivity index (χ3n) is 7.82. The van der Waals surface area contributed by atoms with Gasteiger partial charge in [0, 0.05) is 35.9 Å². The number of rotatable bonds is 5. The van der Waals surface area contributed by atoms with Crippen LogP contribution in [0.1, 0.15) is 35.6 Å². The van der Waals surface area contributed by atoms with E-state index in [2.05, 4.69) is 11.6 Å². The second-order valence-electron chi connectivity index (χ2n) is 9.59. The highest BCUT2D eigenvalue weighted by Gasteiger charge is 2.54. The Morgan fingerprint density at radius 2 is 1.85 bits per heavy atom. The van der Waals surface area contributed by atoms with Crippen molar-refractivity contribution in [1.82, 2.24) is 4.98 Å². The molecule has 0 amide bonds. The summed E-state index contributed by atoms with van der Waals surface area (Å²) in [5.41, 5.74) is 1.96. The van der Waals surface area contributed by atoms with E-state index in [1.54, 1.807) is 18.3 Å². The van der Waals surface area contributed by atoms with Crippen LogP contribution in [0.25, 0.3) is 10.9 Å². The maximum absolute atomic E-state index is 13.1. The van der Waals surface area contributed by atoms with Gasteiger partial charge in [-0.1, -0.05) is 36.4 Å². The van der Waals surface area contributed by atoms with Crippen molar-refractivity contribution in [2.75, 3.05) is 13.1 Å². The molecule has 3 aliphatic heterocycles. The fourth-order valence-electron chi connectivity index (χ4n) is 6.13. The molecule has 4 heterocycles. The van der Waals surface area contributed by atoms with Crippen molar-refractivity contribution in [1.29, 1.82) is 0 Å². The molecule has 4 unspecified atom stereocenters. The molecule has 3 aromatic rings. The van der Waals surface area contributed by atoms with Crippen LogP contribution in [0.15, 0.2) is 73.4 Å². The second kappa shape index (κ2) is 9.33. The van der Waals surface area contributed by atoms with Gasteiger partial charge in [0.2, 0.25) is 0 Å². The monoisotopic (exact) mass is 488 g/mol. The number of quaternary nitrogens is 1. The third kappa shape index (κ3) is 4.35. The van der Waals surface area contributed by atoms with Crippen molar-refractivity contribution in [2.24, 2.45) is 11.8 Å². The van der Waals surface area contributed by atoms with E-state index in [4.69, 9.17) is 0 Å². The Bertz CT molecular complexity index is 1160. The number of benzene rings is 2. The van der Waals surface area contributed by atoms with Crippen molar-refractivity contribution < 1.29 is 35.2 Å². The predicted molar refractivity (Wildman–Crippen MR) is 122 cm³/mol. The number of halogens is 4. The van der Waals surface area contributed by atoms with E-state index in [0.717, 1.165) is 60.1 Å².